The van der Waals surface area contributed by atoms with E-state index < -0.39 is 0 Å². The SMILES string of the molecule is CC.CC#Cc1cncc2cncc(C(C)C#N)c12. The van der Waals surface area contributed by atoms with Gasteiger partial charge in [0.1, 0.15) is 0 Å². The van der Waals surface area contributed by atoms with Crippen molar-refractivity contribution < 1.29 is 0 Å². The van der Waals surface area contributed by atoms with Crippen LogP contribution in [0.5, 0.6) is 0 Å². The molecular formula is C16H17N3. The molecule has 2 rings (SSSR count). The molecule has 19 heavy (non-hydrogen) atoms. The Morgan fingerprint density at radius 1 is 1.11 bits per heavy atom. The molecule has 0 aliphatic rings. The lowest BCUT2D eigenvalue weighted by atomic mass is 9.96. The molecule has 3 nitrogen and oxygen atoms in total. The smallest absolute Gasteiger partial charge is 0.0706 e. The van der Waals surface area contributed by atoms with Crippen LogP contribution in [0.4, 0.5) is 0 Å². The highest BCUT2D eigenvalue weighted by Crippen LogP contribution is 2.26. The Labute approximate surface area is 114 Å². The van der Waals surface area contributed by atoms with E-state index in [1.54, 1.807) is 31.7 Å². The summed E-state index contributed by atoms with van der Waals surface area (Å²) >= 11 is 0. The zero-order valence-corrected chi connectivity index (χ0v) is 11.7. The summed E-state index contributed by atoms with van der Waals surface area (Å²) in [7, 11) is 0. The highest BCUT2D eigenvalue weighted by Gasteiger charge is 2.11. The fourth-order valence-corrected chi connectivity index (χ4v) is 1.79. The second-order valence-corrected chi connectivity index (χ2v) is 3.74. The lowest BCUT2D eigenvalue weighted by Crippen LogP contribution is -1.96. The number of pyridine rings is 2. The van der Waals surface area contributed by atoms with Crippen molar-refractivity contribution in [3.8, 4) is 17.9 Å². The summed E-state index contributed by atoms with van der Waals surface area (Å²) in [4.78, 5) is 8.28. The molecule has 0 fully saturated rings. The molecule has 2 aromatic rings. The Morgan fingerprint density at radius 3 is 2.32 bits per heavy atom. The molecular weight excluding hydrogens is 234 g/mol. The fraction of sp³-hybridized carbons (Fsp3) is 0.312. The highest BCUT2D eigenvalue weighted by molar-refractivity contribution is 5.90. The number of aromatic nitrogens is 2. The summed E-state index contributed by atoms with van der Waals surface area (Å²) in [6.07, 6.45) is 6.96. The van der Waals surface area contributed by atoms with Crippen LogP contribution in [-0.4, -0.2) is 9.97 Å². The Kier molecular flexibility index (Phi) is 5.51. The summed E-state index contributed by atoms with van der Waals surface area (Å²) < 4.78 is 0. The molecule has 1 unspecified atom stereocenters. The van der Waals surface area contributed by atoms with E-state index in [2.05, 4.69) is 27.9 Å². The minimum Gasteiger partial charge on any atom is -0.264 e. The Hall–Kier alpha value is -2.39. The number of hydrogen-bond acceptors (Lipinski definition) is 3. The van der Waals surface area contributed by atoms with Crippen LogP contribution in [0.1, 0.15) is 44.7 Å². The molecule has 0 radical (unpaired) electrons. The van der Waals surface area contributed by atoms with E-state index in [0.717, 1.165) is 21.9 Å². The predicted octanol–water partition coefficient (Wildman–Crippen LogP) is 3.65. The lowest BCUT2D eigenvalue weighted by Gasteiger charge is -2.08. The zero-order valence-electron chi connectivity index (χ0n) is 11.7. The van der Waals surface area contributed by atoms with Gasteiger partial charge in [0.15, 0.2) is 0 Å². The molecule has 0 saturated heterocycles. The maximum Gasteiger partial charge on any atom is 0.0706 e. The lowest BCUT2D eigenvalue weighted by molar-refractivity contribution is 0.980. The summed E-state index contributed by atoms with van der Waals surface area (Å²) in [6, 6.07) is 2.23. The summed E-state index contributed by atoms with van der Waals surface area (Å²) in [5.41, 5.74) is 1.76. The molecule has 0 aliphatic carbocycles. The molecule has 0 amide bonds. The normalized spacial score (nSPS) is 10.5. The third-order valence-electron chi connectivity index (χ3n) is 2.61. The number of nitriles is 1. The van der Waals surface area contributed by atoms with Crippen molar-refractivity contribution in [1.82, 2.24) is 9.97 Å². The van der Waals surface area contributed by atoms with E-state index in [0.29, 0.717) is 0 Å². The van der Waals surface area contributed by atoms with Gasteiger partial charge in [-0.05, 0) is 19.4 Å². The fourth-order valence-electron chi connectivity index (χ4n) is 1.79. The summed E-state index contributed by atoms with van der Waals surface area (Å²) in [5.74, 6) is 5.68. The van der Waals surface area contributed by atoms with Crippen LogP contribution in [0.3, 0.4) is 0 Å². The van der Waals surface area contributed by atoms with Gasteiger partial charge in [-0.25, -0.2) is 0 Å². The van der Waals surface area contributed by atoms with Crippen molar-refractivity contribution in [3.63, 3.8) is 0 Å². The average molecular weight is 251 g/mol. The van der Waals surface area contributed by atoms with Gasteiger partial charge < -0.3 is 0 Å². The maximum absolute atomic E-state index is 9.04. The van der Waals surface area contributed by atoms with Crippen molar-refractivity contribution >= 4 is 10.8 Å². The van der Waals surface area contributed by atoms with Gasteiger partial charge >= 0.3 is 0 Å². The molecule has 0 aromatic carbocycles. The van der Waals surface area contributed by atoms with Gasteiger partial charge in [0, 0.05) is 35.6 Å². The van der Waals surface area contributed by atoms with Crippen LogP contribution in [0.25, 0.3) is 10.8 Å². The monoisotopic (exact) mass is 251 g/mol. The molecule has 0 spiro atoms. The second kappa shape index (κ2) is 7.13. The van der Waals surface area contributed by atoms with Gasteiger partial charge in [-0.15, -0.1) is 5.92 Å². The van der Waals surface area contributed by atoms with Gasteiger partial charge in [0.25, 0.3) is 0 Å². The number of fused-ring (bicyclic) bond motifs is 1. The molecule has 0 bridgehead atoms. The standard InChI is InChI=1S/C14H11N3.C2H6/c1-3-4-11-6-16-7-12-8-17-9-13(14(11)12)10(2)5-15;1-2/h6-10H,1-2H3;1-2H3. The molecule has 2 aromatic heterocycles. The Balaban J connectivity index is 0.000000861. The topological polar surface area (TPSA) is 49.6 Å². The molecule has 1 atom stereocenters. The van der Waals surface area contributed by atoms with Crippen LogP contribution in [0.2, 0.25) is 0 Å². The summed E-state index contributed by atoms with van der Waals surface area (Å²) in [6.45, 7) is 7.65. The highest BCUT2D eigenvalue weighted by atomic mass is 14.7. The first-order valence-electron chi connectivity index (χ1n) is 6.32. The van der Waals surface area contributed by atoms with Crippen LogP contribution in [0.15, 0.2) is 24.8 Å². The molecule has 0 N–H and O–H groups in total. The average Bonchev–Trinajstić information content (AvgIpc) is 2.48. The largest absolute Gasteiger partial charge is 0.264 e. The Morgan fingerprint density at radius 2 is 1.74 bits per heavy atom. The third-order valence-corrected chi connectivity index (χ3v) is 2.61. The first-order chi connectivity index (χ1) is 9.27. The summed E-state index contributed by atoms with van der Waals surface area (Å²) in [5, 5.41) is 10.9. The van der Waals surface area contributed by atoms with E-state index in [-0.39, 0.29) is 5.92 Å². The maximum atomic E-state index is 9.04. The molecule has 0 aliphatic heterocycles. The van der Waals surface area contributed by atoms with Crippen molar-refractivity contribution in [3.05, 3.63) is 35.9 Å². The molecule has 2 heterocycles. The first kappa shape index (κ1) is 14.7. The van der Waals surface area contributed by atoms with Gasteiger partial charge in [-0.2, -0.15) is 5.26 Å². The van der Waals surface area contributed by atoms with E-state index >= 15 is 0 Å². The molecule has 96 valence electrons. The van der Waals surface area contributed by atoms with Crippen molar-refractivity contribution in [2.45, 2.75) is 33.6 Å². The Bertz CT molecular complexity index is 652. The number of rotatable bonds is 1. The van der Waals surface area contributed by atoms with Crippen LogP contribution in [0, 0.1) is 23.2 Å². The third kappa shape index (κ3) is 3.09. The van der Waals surface area contributed by atoms with Crippen molar-refractivity contribution in [2.24, 2.45) is 0 Å². The number of hydrogen-bond donors (Lipinski definition) is 0. The molecule has 3 heteroatoms. The van der Waals surface area contributed by atoms with Crippen molar-refractivity contribution in [2.75, 3.05) is 0 Å². The van der Waals surface area contributed by atoms with Crippen LogP contribution >= 0.6 is 0 Å². The van der Waals surface area contributed by atoms with Crippen molar-refractivity contribution in [1.29, 1.82) is 5.26 Å². The van der Waals surface area contributed by atoms with Gasteiger partial charge in [-0.1, -0.05) is 19.8 Å². The van der Waals surface area contributed by atoms with E-state index in [4.69, 9.17) is 5.26 Å². The van der Waals surface area contributed by atoms with Crippen LogP contribution < -0.4 is 0 Å². The van der Waals surface area contributed by atoms with Gasteiger partial charge in [0.2, 0.25) is 0 Å². The predicted molar refractivity (Wildman–Crippen MR) is 77.5 cm³/mol. The van der Waals surface area contributed by atoms with Gasteiger partial charge in [-0.3, -0.25) is 9.97 Å². The quantitative estimate of drug-likeness (QED) is 0.727. The zero-order chi connectivity index (χ0) is 14.3. The van der Waals surface area contributed by atoms with Crippen LogP contribution in [-0.2, 0) is 0 Å². The number of nitrogens with zero attached hydrogens (tertiary/aromatic N) is 3. The first-order valence-corrected chi connectivity index (χ1v) is 6.32. The molecule has 0 saturated carbocycles. The van der Waals surface area contributed by atoms with E-state index in [1.807, 2.05) is 20.8 Å². The van der Waals surface area contributed by atoms with E-state index in [9.17, 15) is 0 Å². The van der Waals surface area contributed by atoms with Gasteiger partial charge in [0.05, 0.1) is 17.6 Å². The minimum absolute atomic E-state index is 0.203. The second-order valence-electron chi connectivity index (χ2n) is 3.74. The minimum atomic E-state index is -0.203. The van der Waals surface area contributed by atoms with E-state index in [1.165, 1.54) is 0 Å².